The Bertz CT molecular complexity index is 200. The molecule has 0 aliphatic heterocycles. The van der Waals surface area contributed by atoms with Crippen LogP contribution in [0.1, 0.15) is 58.8 Å². The van der Waals surface area contributed by atoms with Crippen molar-refractivity contribution in [3.63, 3.8) is 0 Å². The van der Waals surface area contributed by atoms with Gasteiger partial charge in [0.25, 0.3) is 6.57 Å². The average molecular weight is 284 g/mol. The van der Waals surface area contributed by atoms with Crippen LogP contribution < -0.4 is 0 Å². The van der Waals surface area contributed by atoms with Crippen molar-refractivity contribution in [2.45, 2.75) is 58.8 Å². The molecule has 0 fully saturated rings. The first-order chi connectivity index (χ1) is 7.62. The molecule has 1 atom stereocenters. The highest BCUT2D eigenvalue weighted by atomic mass is 33.3. The maximum atomic E-state index is 11.6. The largest absolute Gasteiger partial charge is 0.336 e. The third-order valence-corrected chi connectivity index (χ3v) is 9.08. The van der Waals surface area contributed by atoms with Gasteiger partial charge in [-0.05, 0) is 23.3 Å². The van der Waals surface area contributed by atoms with E-state index >= 15 is 0 Å². The van der Waals surface area contributed by atoms with E-state index in [2.05, 4.69) is 6.92 Å². The van der Waals surface area contributed by atoms with Gasteiger partial charge in [0.15, 0.2) is 0 Å². The standard InChI is InChI=1S/C11H25O2PS2/c1-3-5-7-8-9-11-15-16-14(12,13)10-6-4-2/h3-11H2,1-2H3,(H,12,13). The van der Waals surface area contributed by atoms with Crippen molar-refractivity contribution >= 4 is 27.8 Å². The summed E-state index contributed by atoms with van der Waals surface area (Å²) in [5, 5.41) is 0. The molecule has 1 unspecified atom stereocenters. The Labute approximate surface area is 108 Å². The van der Waals surface area contributed by atoms with Gasteiger partial charge >= 0.3 is 0 Å². The molecule has 2 nitrogen and oxygen atoms in total. The average Bonchev–Trinajstić information content (AvgIpc) is 2.25. The van der Waals surface area contributed by atoms with E-state index in [1.807, 2.05) is 6.92 Å². The van der Waals surface area contributed by atoms with E-state index in [-0.39, 0.29) is 0 Å². The van der Waals surface area contributed by atoms with E-state index in [1.54, 1.807) is 10.8 Å². The van der Waals surface area contributed by atoms with Gasteiger partial charge in [0, 0.05) is 11.9 Å². The highest BCUT2D eigenvalue weighted by molar-refractivity contribution is 8.99. The van der Waals surface area contributed by atoms with Crippen molar-refractivity contribution in [1.82, 2.24) is 0 Å². The molecule has 0 spiro atoms. The number of rotatable bonds is 11. The first kappa shape index (κ1) is 16.9. The minimum Gasteiger partial charge on any atom is -0.336 e. The molecule has 0 aromatic carbocycles. The van der Waals surface area contributed by atoms with Crippen LogP contribution in [0, 0.1) is 0 Å². The molecule has 0 rings (SSSR count). The zero-order chi connectivity index (χ0) is 12.3. The normalized spacial score (nSPS) is 14.9. The maximum absolute atomic E-state index is 11.6. The molecule has 0 aliphatic carbocycles. The molecule has 1 N–H and O–H groups in total. The van der Waals surface area contributed by atoms with E-state index in [0.717, 1.165) is 18.6 Å². The van der Waals surface area contributed by atoms with Gasteiger partial charge in [0.1, 0.15) is 0 Å². The number of hydrogen-bond acceptors (Lipinski definition) is 3. The van der Waals surface area contributed by atoms with Crippen LogP contribution in [0.5, 0.6) is 0 Å². The molecular formula is C11H25O2PS2. The second kappa shape index (κ2) is 11.0. The summed E-state index contributed by atoms with van der Waals surface area (Å²) in [7, 11) is 2.78. The van der Waals surface area contributed by atoms with Crippen LogP contribution in [0.15, 0.2) is 0 Å². The van der Waals surface area contributed by atoms with Gasteiger partial charge < -0.3 is 4.89 Å². The van der Waals surface area contributed by atoms with Crippen LogP contribution in [-0.2, 0) is 4.57 Å². The van der Waals surface area contributed by atoms with Crippen LogP contribution in [0.2, 0.25) is 0 Å². The minimum absolute atomic E-state index is 0.469. The summed E-state index contributed by atoms with van der Waals surface area (Å²) in [5.41, 5.74) is 0. The van der Waals surface area contributed by atoms with E-state index in [1.165, 1.54) is 42.5 Å². The first-order valence-corrected chi connectivity index (χ1v) is 11.0. The summed E-state index contributed by atoms with van der Waals surface area (Å²) in [6.45, 7) is 1.37. The lowest BCUT2D eigenvalue weighted by atomic mass is 10.2. The molecule has 0 aliphatic rings. The summed E-state index contributed by atoms with van der Waals surface area (Å²) in [5.74, 6) is 1.01. The van der Waals surface area contributed by atoms with E-state index < -0.39 is 6.57 Å². The molecule has 0 bridgehead atoms. The van der Waals surface area contributed by atoms with Crippen LogP contribution in [0.4, 0.5) is 0 Å². The Kier molecular flexibility index (Phi) is 11.6. The van der Waals surface area contributed by atoms with Crippen molar-refractivity contribution < 1.29 is 9.46 Å². The van der Waals surface area contributed by atoms with Crippen LogP contribution in [0.25, 0.3) is 0 Å². The van der Waals surface area contributed by atoms with Crippen molar-refractivity contribution in [2.24, 2.45) is 0 Å². The Morgan fingerprint density at radius 3 is 2.25 bits per heavy atom. The van der Waals surface area contributed by atoms with Crippen LogP contribution >= 0.6 is 27.8 Å². The van der Waals surface area contributed by atoms with Crippen LogP contribution in [-0.4, -0.2) is 16.8 Å². The fourth-order valence-corrected chi connectivity index (χ4v) is 7.14. The summed E-state index contributed by atoms with van der Waals surface area (Å²) >= 11 is 0. The van der Waals surface area contributed by atoms with Crippen LogP contribution in [0.3, 0.4) is 0 Å². The SMILES string of the molecule is CCCCCCCSSP(=O)(O)CCCC. The second-order valence-corrected chi connectivity index (χ2v) is 10.7. The van der Waals surface area contributed by atoms with Gasteiger partial charge in [-0.25, -0.2) is 0 Å². The number of hydrogen-bond donors (Lipinski definition) is 1. The molecule has 0 saturated carbocycles. The quantitative estimate of drug-likeness (QED) is 0.316. The van der Waals surface area contributed by atoms with Crippen molar-refractivity contribution in [2.75, 3.05) is 11.9 Å². The molecule has 0 saturated heterocycles. The molecule has 0 heterocycles. The van der Waals surface area contributed by atoms with Gasteiger partial charge in [0.2, 0.25) is 0 Å². The van der Waals surface area contributed by atoms with Gasteiger partial charge in [-0.1, -0.05) is 56.7 Å². The molecule has 0 aromatic heterocycles. The summed E-state index contributed by atoms with van der Waals surface area (Å²) < 4.78 is 11.6. The van der Waals surface area contributed by atoms with Gasteiger partial charge in [-0.3, -0.25) is 4.57 Å². The monoisotopic (exact) mass is 284 g/mol. The van der Waals surface area contributed by atoms with E-state index in [0.29, 0.717) is 6.16 Å². The van der Waals surface area contributed by atoms with E-state index in [4.69, 9.17) is 0 Å². The highest BCUT2D eigenvalue weighted by Crippen LogP contribution is 2.60. The topological polar surface area (TPSA) is 37.3 Å². The fourth-order valence-electron chi connectivity index (χ4n) is 1.28. The van der Waals surface area contributed by atoms with Crippen molar-refractivity contribution in [3.05, 3.63) is 0 Å². The Morgan fingerprint density at radius 2 is 1.62 bits per heavy atom. The predicted octanol–water partition coefficient (Wildman–Crippen LogP) is 5.32. The zero-order valence-corrected chi connectivity index (χ0v) is 13.0. The smallest absolute Gasteiger partial charge is 0.265 e. The summed E-state index contributed by atoms with van der Waals surface area (Å²) in [6, 6.07) is 0. The van der Waals surface area contributed by atoms with Gasteiger partial charge in [0.05, 0.1) is 0 Å². The number of unbranched alkanes of at least 4 members (excludes halogenated alkanes) is 5. The predicted molar refractivity (Wildman–Crippen MR) is 78.4 cm³/mol. The lowest BCUT2D eigenvalue weighted by Gasteiger charge is -2.08. The molecular weight excluding hydrogens is 259 g/mol. The Hall–Kier alpha value is 0.890. The zero-order valence-electron chi connectivity index (χ0n) is 10.5. The second-order valence-electron chi connectivity index (χ2n) is 4.03. The lowest BCUT2D eigenvalue weighted by molar-refractivity contribution is 0.495. The Balaban J connectivity index is 3.32. The molecule has 0 radical (unpaired) electrons. The van der Waals surface area contributed by atoms with Gasteiger partial charge in [-0.2, -0.15) is 0 Å². The molecule has 0 aromatic rings. The van der Waals surface area contributed by atoms with E-state index in [9.17, 15) is 9.46 Å². The maximum Gasteiger partial charge on any atom is 0.265 e. The van der Waals surface area contributed by atoms with Crippen molar-refractivity contribution in [1.29, 1.82) is 0 Å². The summed E-state index contributed by atoms with van der Waals surface area (Å²) in [6.07, 6.45) is 8.63. The summed E-state index contributed by atoms with van der Waals surface area (Å²) in [4.78, 5) is 9.58. The van der Waals surface area contributed by atoms with Crippen molar-refractivity contribution in [3.8, 4) is 0 Å². The Morgan fingerprint density at radius 1 is 1.00 bits per heavy atom. The molecule has 16 heavy (non-hydrogen) atoms. The third-order valence-electron chi connectivity index (χ3n) is 2.29. The molecule has 0 amide bonds. The first-order valence-electron chi connectivity index (χ1n) is 6.25. The minimum atomic E-state index is -2.89. The fraction of sp³-hybridized carbons (Fsp3) is 1.00. The van der Waals surface area contributed by atoms with Gasteiger partial charge in [-0.15, -0.1) is 0 Å². The highest BCUT2D eigenvalue weighted by Gasteiger charge is 2.18. The molecule has 98 valence electrons. The third kappa shape index (κ3) is 11.4. The lowest BCUT2D eigenvalue weighted by Crippen LogP contribution is -1.84. The molecule has 5 heteroatoms.